The Balaban J connectivity index is 3.56. The van der Waals surface area contributed by atoms with Gasteiger partial charge in [0.1, 0.15) is 0 Å². The maximum atomic E-state index is 8.66. The molecule has 0 rings (SSSR count). The van der Waals surface area contributed by atoms with Crippen molar-refractivity contribution in [1.29, 1.82) is 0 Å². The number of rotatable bonds is 5. The van der Waals surface area contributed by atoms with Crippen molar-refractivity contribution in [2.75, 3.05) is 13.2 Å². The van der Waals surface area contributed by atoms with Gasteiger partial charge in [-0.2, -0.15) is 0 Å². The molecule has 0 fully saturated rings. The van der Waals surface area contributed by atoms with Crippen molar-refractivity contribution in [3.63, 3.8) is 0 Å². The zero-order valence-corrected chi connectivity index (χ0v) is 7.01. The summed E-state index contributed by atoms with van der Waals surface area (Å²) in [6.45, 7) is 5.32. The van der Waals surface area contributed by atoms with Crippen LogP contribution in [-0.4, -0.2) is 18.3 Å². The average molecular weight is 145 g/mol. The highest BCUT2D eigenvalue weighted by Gasteiger charge is 2.12. The van der Waals surface area contributed by atoms with Gasteiger partial charge in [-0.25, -0.2) is 0 Å². The lowest BCUT2D eigenvalue weighted by atomic mass is 9.89. The van der Waals surface area contributed by atoms with E-state index in [0.717, 1.165) is 12.8 Å². The summed E-state index contributed by atoms with van der Waals surface area (Å²) in [4.78, 5) is 0. The number of aliphatic hydroxyl groups excluding tert-OH is 1. The van der Waals surface area contributed by atoms with E-state index in [9.17, 15) is 0 Å². The Kier molecular flexibility index (Phi) is 5.64. The Hall–Kier alpha value is -0.0800. The molecule has 0 aromatic carbocycles. The van der Waals surface area contributed by atoms with Crippen LogP contribution in [0.25, 0.3) is 0 Å². The van der Waals surface area contributed by atoms with Gasteiger partial charge in [0.05, 0.1) is 0 Å². The normalized spacial score (nSPS) is 16.8. The highest BCUT2D eigenvalue weighted by molar-refractivity contribution is 4.65. The van der Waals surface area contributed by atoms with Crippen LogP contribution in [0.4, 0.5) is 0 Å². The van der Waals surface area contributed by atoms with E-state index in [1.807, 2.05) is 0 Å². The van der Waals surface area contributed by atoms with Crippen molar-refractivity contribution in [3.05, 3.63) is 0 Å². The highest BCUT2D eigenvalue weighted by Crippen LogP contribution is 2.16. The highest BCUT2D eigenvalue weighted by atomic mass is 16.3. The topological polar surface area (TPSA) is 46.2 Å². The average Bonchev–Trinajstić information content (AvgIpc) is 1.99. The summed E-state index contributed by atoms with van der Waals surface area (Å²) in [5.74, 6) is 1.16. The molecule has 10 heavy (non-hydrogen) atoms. The third-order valence-electron chi connectivity index (χ3n) is 2.25. The van der Waals surface area contributed by atoms with E-state index in [2.05, 4.69) is 13.8 Å². The third-order valence-corrected chi connectivity index (χ3v) is 2.25. The number of nitrogens with two attached hydrogens (primary N) is 1. The van der Waals surface area contributed by atoms with Crippen molar-refractivity contribution >= 4 is 0 Å². The lowest BCUT2D eigenvalue weighted by Gasteiger charge is -2.19. The molecule has 0 bridgehead atoms. The molecule has 0 radical (unpaired) electrons. The van der Waals surface area contributed by atoms with Crippen LogP contribution in [0.2, 0.25) is 0 Å². The molecule has 3 N–H and O–H groups in total. The van der Waals surface area contributed by atoms with Gasteiger partial charge in [0, 0.05) is 6.61 Å². The zero-order chi connectivity index (χ0) is 7.98. The van der Waals surface area contributed by atoms with Crippen molar-refractivity contribution in [1.82, 2.24) is 0 Å². The van der Waals surface area contributed by atoms with Crippen LogP contribution in [0.1, 0.15) is 26.7 Å². The molecule has 0 heterocycles. The summed E-state index contributed by atoms with van der Waals surface area (Å²) < 4.78 is 0. The Morgan fingerprint density at radius 3 is 2.40 bits per heavy atom. The van der Waals surface area contributed by atoms with Gasteiger partial charge in [0.2, 0.25) is 0 Å². The van der Waals surface area contributed by atoms with Gasteiger partial charge in [0.25, 0.3) is 0 Å². The van der Waals surface area contributed by atoms with E-state index in [1.54, 1.807) is 0 Å². The zero-order valence-electron chi connectivity index (χ0n) is 7.01. The maximum Gasteiger partial charge on any atom is 0.0434 e. The molecule has 0 amide bonds. The van der Waals surface area contributed by atoms with Crippen LogP contribution in [0.3, 0.4) is 0 Å². The summed E-state index contributed by atoms with van der Waals surface area (Å²) in [6, 6.07) is 0. The van der Waals surface area contributed by atoms with Gasteiger partial charge in [0.15, 0.2) is 0 Å². The Labute approximate surface area is 63.4 Å². The first-order valence-electron chi connectivity index (χ1n) is 4.07. The van der Waals surface area contributed by atoms with E-state index < -0.39 is 0 Å². The molecule has 0 aromatic rings. The van der Waals surface area contributed by atoms with Gasteiger partial charge in [-0.15, -0.1) is 0 Å². The molecule has 2 nitrogen and oxygen atoms in total. The predicted molar refractivity (Wildman–Crippen MR) is 43.7 cm³/mol. The van der Waals surface area contributed by atoms with Crippen LogP contribution in [-0.2, 0) is 0 Å². The molecule has 0 aliphatic carbocycles. The largest absolute Gasteiger partial charge is 0.396 e. The van der Waals surface area contributed by atoms with Crippen LogP contribution in [0.5, 0.6) is 0 Å². The molecule has 0 saturated carbocycles. The molecule has 0 aliphatic heterocycles. The summed E-state index contributed by atoms with van der Waals surface area (Å²) in [7, 11) is 0. The fourth-order valence-corrected chi connectivity index (χ4v) is 1.13. The van der Waals surface area contributed by atoms with Gasteiger partial charge in [-0.05, 0) is 24.8 Å². The Morgan fingerprint density at radius 2 is 2.10 bits per heavy atom. The molecule has 0 aliphatic rings. The second-order valence-electron chi connectivity index (χ2n) is 2.89. The van der Waals surface area contributed by atoms with E-state index in [-0.39, 0.29) is 6.61 Å². The van der Waals surface area contributed by atoms with Gasteiger partial charge in [-0.3, -0.25) is 0 Å². The second-order valence-corrected chi connectivity index (χ2v) is 2.89. The molecule has 2 unspecified atom stereocenters. The van der Waals surface area contributed by atoms with Crippen LogP contribution in [0.15, 0.2) is 0 Å². The minimum Gasteiger partial charge on any atom is -0.396 e. The molecule has 0 saturated heterocycles. The molecule has 62 valence electrons. The van der Waals surface area contributed by atoms with Gasteiger partial charge >= 0.3 is 0 Å². The van der Waals surface area contributed by atoms with Crippen LogP contribution < -0.4 is 5.73 Å². The molecular formula is C8H19NO. The quantitative estimate of drug-likeness (QED) is 0.606. The summed E-state index contributed by atoms with van der Waals surface area (Å²) in [6.07, 6.45) is 2.01. The van der Waals surface area contributed by atoms with Gasteiger partial charge in [-0.1, -0.05) is 20.3 Å². The smallest absolute Gasteiger partial charge is 0.0434 e. The SMILES string of the molecule is CCC(C)C(CN)CCO. The van der Waals surface area contributed by atoms with Crippen LogP contribution in [0, 0.1) is 11.8 Å². The van der Waals surface area contributed by atoms with Crippen LogP contribution >= 0.6 is 0 Å². The van der Waals surface area contributed by atoms with Crippen molar-refractivity contribution in [2.45, 2.75) is 26.7 Å². The number of aliphatic hydroxyl groups is 1. The third kappa shape index (κ3) is 3.18. The summed E-state index contributed by atoms with van der Waals surface area (Å²) >= 11 is 0. The minimum absolute atomic E-state index is 0.270. The number of hydrogen-bond acceptors (Lipinski definition) is 2. The summed E-state index contributed by atoms with van der Waals surface area (Å²) in [5, 5.41) is 8.66. The number of hydrogen-bond donors (Lipinski definition) is 2. The lowest BCUT2D eigenvalue weighted by molar-refractivity contribution is 0.226. The van der Waals surface area contributed by atoms with Gasteiger partial charge < -0.3 is 10.8 Å². The first-order valence-corrected chi connectivity index (χ1v) is 4.07. The first-order chi connectivity index (χ1) is 4.76. The van der Waals surface area contributed by atoms with E-state index in [0.29, 0.717) is 18.4 Å². The monoisotopic (exact) mass is 145 g/mol. The molecule has 2 atom stereocenters. The predicted octanol–water partition coefficient (Wildman–Crippen LogP) is 0.990. The summed E-state index contributed by atoms with van der Waals surface area (Å²) in [5.41, 5.74) is 5.52. The fraction of sp³-hybridized carbons (Fsp3) is 1.00. The maximum absolute atomic E-state index is 8.66. The van der Waals surface area contributed by atoms with E-state index in [1.165, 1.54) is 0 Å². The van der Waals surface area contributed by atoms with E-state index in [4.69, 9.17) is 10.8 Å². The molecule has 0 spiro atoms. The first kappa shape index (κ1) is 9.92. The lowest BCUT2D eigenvalue weighted by Crippen LogP contribution is -2.22. The van der Waals surface area contributed by atoms with Crippen molar-refractivity contribution < 1.29 is 5.11 Å². The van der Waals surface area contributed by atoms with Crippen molar-refractivity contribution in [2.24, 2.45) is 17.6 Å². The molecule has 0 aromatic heterocycles. The minimum atomic E-state index is 0.270. The van der Waals surface area contributed by atoms with Crippen molar-refractivity contribution in [3.8, 4) is 0 Å². The fourth-order valence-electron chi connectivity index (χ4n) is 1.13. The van der Waals surface area contributed by atoms with E-state index >= 15 is 0 Å². The molecule has 2 heteroatoms. The second kappa shape index (κ2) is 5.69. The molecular weight excluding hydrogens is 126 g/mol. The Morgan fingerprint density at radius 1 is 1.50 bits per heavy atom. The Bertz CT molecular complexity index is 75.7. The standard InChI is InChI=1S/C8H19NO/c1-3-7(2)8(6-9)4-5-10/h7-8,10H,3-6,9H2,1-2H3.